The maximum Gasteiger partial charge on any atom is 0.416 e. The third kappa shape index (κ3) is 5.72. The standard InChI is InChI=1S/C30H29F3N2O4/c1-19-3-8-25(38-2)15-26(19)27(36)34-22-16-29(17-22)13-14-35(18-29)28(37)20-4-9-23(10-5-20)39-24-11-6-21(7-12-24)30(31,32)33/h3-12,15,22H,13-14,16-18H2,1-2H3,(H,34,36). The van der Waals surface area contributed by atoms with Gasteiger partial charge in [0.05, 0.1) is 12.7 Å². The molecule has 1 aliphatic heterocycles. The van der Waals surface area contributed by atoms with Crippen LogP contribution >= 0.6 is 0 Å². The quantitative estimate of drug-likeness (QED) is 0.404. The summed E-state index contributed by atoms with van der Waals surface area (Å²) in [6, 6.07) is 16.5. The molecule has 2 aliphatic rings. The highest BCUT2D eigenvalue weighted by atomic mass is 19.4. The van der Waals surface area contributed by atoms with Crippen molar-refractivity contribution < 1.29 is 32.2 Å². The minimum atomic E-state index is -4.40. The Kier molecular flexibility index (Phi) is 7.01. The van der Waals surface area contributed by atoms with Crippen molar-refractivity contribution in [3.05, 3.63) is 89.0 Å². The number of amides is 2. The van der Waals surface area contributed by atoms with Crippen molar-refractivity contribution >= 4 is 11.8 Å². The molecule has 3 aromatic rings. The van der Waals surface area contributed by atoms with Crippen LogP contribution in [0.1, 0.15) is 51.1 Å². The molecule has 0 aromatic heterocycles. The molecule has 2 fully saturated rings. The smallest absolute Gasteiger partial charge is 0.416 e. The molecule has 6 nitrogen and oxygen atoms in total. The Hall–Kier alpha value is -4.01. The van der Waals surface area contributed by atoms with Gasteiger partial charge in [0.2, 0.25) is 0 Å². The highest BCUT2D eigenvalue weighted by Crippen LogP contribution is 2.48. The summed E-state index contributed by atoms with van der Waals surface area (Å²) in [4.78, 5) is 27.8. The lowest BCUT2D eigenvalue weighted by Gasteiger charge is -2.45. The van der Waals surface area contributed by atoms with Gasteiger partial charge in [-0.25, -0.2) is 0 Å². The number of ether oxygens (including phenoxy) is 2. The molecule has 3 aromatic carbocycles. The van der Waals surface area contributed by atoms with Crippen LogP contribution < -0.4 is 14.8 Å². The van der Waals surface area contributed by atoms with Gasteiger partial charge in [-0.1, -0.05) is 6.07 Å². The van der Waals surface area contributed by atoms with E-state index < -0.39 is 11.7 Å². The molecule has 1 N–H and O–H groups in total. The highest BCUT2D eigenvalue weighted by molar-refractivity contribution is 5.96. The first-order valence-corrected chi connectivity index (χ1v) is 12.8. The van der Waals surface area contributed by atoms with Gasteiger partial charge in [-0.3, -0.25) is 9.59 Å². The molecule has 0 unspecified atom stereocenters. The van der Waals surface area contributed by atoms with Crippen molar-refractivity contribution in [1.29, 1.82) is 0 Å². The Morgan fingerprint density at radius 3 is 2.18 bits per heavy atom. The first kappa shape index (κ1) is 26.6. The van der Waals surface area contributed by atoms with Crippen LogP contribution in [0.25, 0.3) is 0 Å². The van der Waals surface area contributed by atoms with E-state index in [0.29, 0.717) is 35.7 Å². The van der Waals surface area contributed by atoms with E-state index in [1.54, 1.807) is 37.4 Å². The van der Waals surface area contributed by atoms with Crippen LogP contribution in [-0.4, -0.2) is 43.0 Å². The van der Waals surface area contributed by atoms with Gasteiger partial charge in [-0.05, 0) is 97.8 Å². The van der Waals surface area contributed by atoms with Gasteiger partial charge in [0.1, 0.15) is 17.2 Å². The summed E-state index contributed by atoms with van der Waals surface area (Å²) < 4.78 is 49.1. The molecule has 39 heavy (non-hydrogen) atoms. The number of nitrogens with zero attached hydrogens (tertiary/aromatic N) is 1. The average molecular weight is 539 g/mol. The molecule has 204 valence electrons. The summed E-state index contributed by atoms with van der Waals surface area (Å²) in [5.74, 6) is 1.15. The number of aryl methyl sites for hydroxylation is 1. The fraction of sp³-hybridized carbons (Fsp3) is 0.333. The van der Waals surface area contributed by atoms with Gasteiger partial charge in [0.15, 0.2) is 0 Å². The fourth-order valence-electron chi connectivity index (χ4n) is 5.46. The molecule has 1 heterocycles. The van der Waals surface area contributed by atoms with Crippen LogP contribution in [0.15, 0.2) is 66.7 Å². The van der Waals surface area contributed by atoms with Crippen molar-refractivity contribution in [2.75, 3.05) is 20.2 Å². The zero-order valence-electron chi connectivity index (χ0n) is 21.7. The third-order valence-electron chi connectivity index (χ3n) is 7.63. The van der Waals surface area contributed by atoms with Crippen molar-refractivity contribution in [3.63, 3.8) is 0 Å². The summed E-state index contributed by atoms with van der Waals surface area (Å²) in [6.45, 7) is 3.18. The summed E-state index contributed by atoms with van der Waals surface area (Å²) >= 11 is 0. The maximum atomic E-state index is 13.1. The van der Waals surface area contributed by atoms with Crippen LogP contribution in [0.2, 0.25) is 0 Å². The summed E-state index contributed by atoms with van der Waals surface area (Å²) in [5.41, 5.74) is 1.28. The summed E-state index contributed by atoms with van der Waals surface area (Å²) in [6.07, 6.45) is -1.87. The normalized spacial score (nSPS) is 20.4. The molecule has 0 bridgehead atoms. The zero-order valence-corrected chi connectivity index (χ0v) is 21.7. The Bertz CT molecular complexity index is 1360. The molecule has 9 heteroatoms. The van der Waals surface area contributed by atoms with Gasteiger partial charge in [0, 0.05) is 30.3 Å². The maximum absolute atomic E-state index is 13.1. The Morgan fingerprint density at radius 1 is 0.949 bits per heavy atom. The predicted octanol–water partition coefficient (Wildman–Crippen LogP) is 6.24. The second-order valence-electron chi connectivity index (χ2n) is 10.4. The predicted molar refractivity (Wildman–Crippen MR) is 139 cm³/mol. The topological polar surface area (TPSA) is 67.9 Å². The lowest BCUT2D eigenvalue weighted by atomic mass is 9.65. The number of nitrogens with one attached hydrogen (secondary N) is 1. The zero-order chi connectivity index (χ0) is 27.8. The van der Waals surface area contributed by atoms with E-state index in [1.807, 2.05) is 24.0 Å². The molecule has 2 amide bonds. The number of alkyl halides is 3. The van der Waals surface area contributed by atoms with E-state index in [1.165, 1.54) is 12.1 Å². The molecular formula is C30H29F3N2O4. The van der Waals surface area contributed by atoms with E-state index >= 15 is 0 Å². The molecule has 0 atom stereocenters. The van der Waals surface area contributed by atoms with Gasteiger partial charge in [-0.2, -0.15) is 13.2 Å². The Balaban J connectivity index is 1.13. The van der Waals surface area contributed by atoms with E-state index in [0.717, 1.165) is 37.0 Å². The number of hydrogen-bond donors (Lipinski definition) is 1. The minimum Gasteiger partial charge on any atom is -0.497 e. The van der Waals surface area contributed by atoms with Gasteiger partial charge >= 0.3 is 6.18 Å². The molecule has 1 saturated heterocycles. The number of halogens is 3. The molecule has 5 rings (SSSR count). The minimum absolute atomic E-state index is 0.0165. The molecular weight excluding hydrogens is 509 g/mol. The second-order valence-corrected chi connectivity index (χ2v) is 10.4. The Labute approximate surface area is 224 Å². The number of hydrogen-bond acceptors (Lipinski definition) is 4. The van der Waals surface area contributed by atoms with Crippen LogP contribution in [0.3, 0.4) is 0 Å². The van der Waals surface area contributed by atoms with Gasteiger partial charge in [0.25, 0.3) is 11.8 Å². The molecule has 0 radical (unpaired) electrons. The largest absolute Gasteiger partial charge is 0.497 e. The average Bonchev–Trinajstić information content (AvgIpc) is 3.34. The van der Waals surface area contributed by atoms with Crippen LogP contribution in [0.5, 0.6) is 17.2 Å². The first-order valence-electron chi connectivity index (χ1n) is 12.8. The van der Waals surface area contributed by atoms with Crippen LogP contribution in [0.4, 0.5) is 13.2 Å². The van der Waals surface area contributed by atoms with Crippen molar-refractivity contribution in [2.45, 2.75) is 38.4 Å². The molecule has 1 spiro atoms. The fourth-order valence-corrected chi connectivity index (χ4v) is 5.46. The lowest BCUT2D eigenvalue weighted by Crippen LogP contribution is -2.52. The van der Waals surface area contributed by atoms with Gasteiger partial charge < -0.3 is 19.7 Å². The SMILES string of the molecule is COc1ccc(C)c(C(=O)NC2CC3(CCN(C(=O)c4ccc(Oc5ccc(C(F)(F)F)cc5)cc4)C3)C2)c1. The summed E-state index contributed by atoms with van der Waals surface area (Å²) in [7, 11) is 1.57. The number of carbonyl (C=O) groups is 2. The second kappa shape index (κ2) is 10.3. The summed E-state index contributed by atoms with van der Waals surface area (Å²) in [5, 5.41) is 3.12. The van der Waals surface area contributed by atoms with E-state index in [9.17, 15) is 22.8 Å². The molecule has 1 aliphatic carbocycles. The number of rotatable bonds is 6. The van der Waals surface area contributed by atoms with Crippen molar-refractivity contribution in [3.8, 4) is 17.2 Å². The number of likely N-dealkylation sites (tertiary alicyclic amines) is 1. The van der Waals surface area contributed by atoms with Crippen LogP contribution in [-0.2, 0) is 6.18 Å². The van der Waals surface area contributed by atoms with E-state index in [2.05, 4.69) is 5.32 Å². The highest BCUT2D eigenvalue weighted by Gasteiger charge is 2.50. The number of methoxy groups -OCH3 is 1. The molecule has 1 saturated carbocycles. The van der Waals surface area contributed by atoms with E-state index in [4.69, 9.17) is 9.47 Å². The number of benzene rings is 3. The van der Waals surface area contributed by atoms with E-state index in [-0.39, 0.29) is 29.0 Å². The number of carbonyl (C=O) groups excluding carboxylic acids is 2. The third-order valence-corrected chi connectivity index (χ3v) is 7.63. The van der Waals surface area contributed by atoms with Crippen molar-refractivity contribution in [2.24, 2.45) is 5.41 Å². The first-order chi connectivity index (χ1) is 18.5. The van der Waals surface area contributed by atoms with Gasteiger partial charge in [-0.15, -0.1) is 0 Å². The monoisotopic (exact) mass is 538 g/mol. The van der Waals surface area contributed by atoms with Crippen LogP contribution in [0, 0.1) is 12.3 Å². The Morgan fingerprint density at radius 2 is 1.56 bits per heavy atom. The van der Waals surface area contributed by atoms with Crippen molar-refractivity contribution in [1.82, 2.24) is 10.2 Å². The lowest BCUT2D eigenvalue weighted by molar-refractivity contribution is -0.137.